The SMILES string of the molecule is CCC(=O)N(CC)CC(C)C(C)(C)c1ccccc1. The molecule has 0 bridgehead atoms. The van der Waals surface area contributed by atoms with Crippen LogP contribution in [0.2, 0.25) is 0 Å². The molecule has 0 heterocycles. The highest BCUT2D eigenvalue weighted by Gasteiger charge is 2.29. The second-order valence-corrected chi connectivity index (χ2v) is 5.77. The smallest absolute Gasteiger partial charge is 0.222 e. The van der Waals surface area contributed by atoms with E-state index < -0.39 is 0 Å². The number of hydrogen-bond acceptors (Lipinski definition) is 1. The summed E-state index contributed by atoms with van der Waals surface area (Å²) in [7, 11) is 0. The standard InChI is InChI=1S/C17H27NO/c1-6-16(19)18(7-2)13-14(3)17(4,5)15-11-9-8-10-12-15/h8-12,14H,6-7,13H2,1-5H3. The topological polar surface area (TPSA) is 20.3 Å². The van der Waals surface area contributed by atoms with Gasteiger partial charge in [-0.25, -0.2) is 0 Å². The first-order chi connectivity index (χ1) is 8.93. The fourth-order valence-electron chi connectivity index (χ4n) is 2.34. The van der Waals surface area contributed by atoms with Gasteiger partial charge in [0.1, 0.15) is 0 Å². The molecule has 1 amide bonds. The molecule has 0 aliphatic carbocycles. The molecule has 1 unspecified atom stereocenters. The Balaban J connectivity index is 2.81. The van der Waals surface area contributed by atoms with Crippen molar-refractivity contribution >= 4 is 5.91 Å². The lowest BCUT2D eigenvalue weighted by Gasteiger charge is -2.36. The summed E-state index contributed by atoms with van der Waals surface area (Å²) in [6, 6.07) is 10.6. The highest BCUT2D eigenvalue weighted by atomic mass is 16.2. The molecule has 0 spiro atoms. The number of amides is 1. The number of carbonyl (C=O) groups excluding carboxylic acids is 1. The summed E-state index contributed by atoms with van der Waals surface area (Å²) in [5.74, 6) is 0.670. The summed E-state index contributed by atoms with van der Waals surface area (Å²) in [6.07, 6.45) is 0.590. The van der Waals surface area contributed by atoms with Crippen molar-refractivity contribution in [3.8, 4) is 0 Å². The lowest BCUT2D eigenvalue weighted by atomic mass is 9.74. The monoisotopic (exact) mass is 261 g/mol. The molecule has 0 radical (unpaired) electrons. The molecule has 19 heavy (non-hydrogen) atoms. The molecule has 106 valence electrons. The molecule has 1 atom stereocenters. The molecule has 0 fully saturated rings. The quantitative estimate of drug-likeness (QED) is 0.761. The van der Waals surface area contributed by atoms with Crippen LogP contribution in [0, 0.1) is 5.92 Å². The molecule has 1 rings (SSSR count). The second kappa shape index (κ2) is 6.74. The Hall–Kier alpha value is -1.31. The van der Waals surface area contributed by atoms with Crippen LogP contribution in [0.1, 0.15) is 46.6 Å². The van der Waals surface area contributed by atoms with Crippen LogP contribution in [-0.2, 0) is 10.2 Å². The summed E-state index contributed by atoms with van der Waals surface area (Å²) >= 11 is 0. The van der Waals surface area contributed by atoms with E-state index >= 15 is 0 Å². The van der Waals surface area contributed by atoms with Crippen molar-refractivity contribution in [2.24, 2.45) is 5.92 Å². The summed E-state index contributed by atoms with van der Waals surface area (Å²) in [6.45, 7) is 12.4. The minimum atomic E-state index is 0.0721. The Morgan fingerprint density at radius 3 is 2.26 bits per heavy atom. The van der Waals surface area contributed by atoms with Gasteiger partial charge in [-0.2, -0.15) is 0 Å². The van der Waals surface area contributed by atoms with E-state index in [2.05, 4.69) is 52.0 Å². The summed E-state index contributed by atoms with van der Waals surface area (Å²) < 4.78 is 0. The fourth-order valence-corrected chi connectivity index (χ4v) is 2.34. The number of carbonyl (C=O) groups is 1. The Bertz CT molecular complexity index is 397. The Morgan fingerprint density at radius 2 is 1.79 bits per heavy atom. The highest BCUT2D eigenvalue weighted by Crippen LogP contribution is 2.32. The minimum absolute atomic E-state index is 0.0721. The van der Waals surface area contributed by atoms with Gasteiger partial charge in [-0.15, -0.1) is 0 Å². The first-order valence-corrected chi connectivity index (χ1v) is 7.26. The van der Waals surface area contributed by atoms with E-state index in [1.165, 1.54) is 5.56 Å². The van der Waals surface area contributed by atoms with Crippen LogP contribution in [0.4, 0.5) is 0 Å². The van der Waals surface area contributed by atoms with E-state index in [1.807, 2.05) is 17.9 Å². The van der Waals surface area contributed by atoms with Gasteiger partial charge in [0.15, 0.2) is 0 Å². The molecule has 0 N–H and O–H groups in total. The Morgan fingerprint density at radius 1 is 1.21 bits per heavy atom. The molecule has 1 aromatic carbocycles. The molecule has 2 nitrogen and oxygen atoms in total. The van der Waals surface area contributed by atoms with Gasteiger partial charge in [0.25, 0.3) is 0 Å². The minimum Gasteiger partial charge on any atom is -0.343 e. The van der Waals surface area contributed by atoms with E-state index in [9.17, 15) is 4.79 Å². The molecule has 0 aliphatic heterocycles. The Labute approximate surface area is 117 Å². The number of rotatable bonds is 6. The van der Waals surface area contributed by atoms with Crippen LogP contribution < -0.4 is 0 Å². The van der Waals surface area contributed by atoms with Crippen LogP contribution in [0.25, 0.3) is 0 Å². The lowest BCUT2D eigenvalue weighted by Crippen LogP contribution is -2.40. The van der Waals surface area contributed by atoms with Crippen LogP contribution in [0.15, 0.2) is 30.3 Å². The number of hydrogen-bond donors (Lipinski definition) is 0. The maximum atomic E-state index is 11.9. The van der Waals surface area contributed by atoms with E-state index in [-0.39, 0.29) is 11.3 Å². The van der Waals surface area contributed by atoms with Gasteiger partial charge in [0.2, 0.25) is 5.91 Å². The van der Waals surface area contributed by atoms with Crippen molar-refractivity contribution in [3.63, 3.8) is 0 Å². The second-order valence-electron chi connectivity index (χ2n) is 5.77. The molecule has 0 saturated carbocycles. The van der Waals surface area contributed by atoms with Gasteiger partial charge in [0, 0.05) is 19.5 Å². The molecule has 0 aromatic heterocycles. The molecular weight excluding hydrogens is 234 g/mol. The molecule has 0 saturated heterocycles. The van der Waals surface area contributed by atoms with Gasteiger partial charge in [-0.05, 0) is 23.8 Å². The average molecular weight is 261 g/mol. The van der Waals surface area contributed by atoms with Crippen molar-refractivity contribution in [2.45, 2.75) is 46.5 Å². The van der Waals surface area contributed by atoms with Gasteiger partial charge >= 0.3 is 0 Å². The van der Waals surface area contributed by atoms with E-state index in [0.29, 0.717) is 12.3 Å². The van der Waals surface area contributed by atoms with Crippen LogP contribution in [-0.4, -0.2) is 23.9 Å². The van der Waals surface area contributed by atoms with Crippen LogP contribution in [0.5, 0.6) is 0 Å². The van der Waals surface area contributed by atoms with Gasteiger partial charge in [-0.3, -0.25) is 4.79 Å². The van der Waals surface area contributed by atoms with Gasteiger partial charge < -0.3 is 4.90 Å². The maximum Gasteiger partial charge on any atom is 0.222 e. The lowest BCUT2D eigenvalue weighted by molar-refractivity contribution is -0.131. The first-order valence-electron chi connectivity index (χ1n) is 7.26. The predicted molar refractivity (Wildman–Crippen MR) is 81.2 cm³/mol. The maximum absolute atomic E-state index is 11.9. The fraction of sp³-hybridized carbons (Fsp3) is 0.588. The third-order valence-corrected chi connectivity index (χ3v) is 4.28. The summed E-state index contributed by atoms with van der Waals surface area (Å²) in [4.78, 5) is 13.8. The first kappa shape index (κ1) is 15.7. The molecule has 2 heteroatoms. The van der Waals surface area contributed by atoms with E-state index in [0.717, 1.165) is 13.1 Å². The summed E-state index contributed by atoms with van der Waals surface area (Å²) in [5, 5.41) is 0. The molecule has 1 aromatic rings. The highest BCUT2D eigenvalue weighted by molar-refractivity contribution is 5.75. The number of nitrogens with zero attached hydrogens (tertiary/aromatic N) is 1. The van der Waals surface area contributed by atoms with Gasteiger partial charge in [-0.1, -0.05) is 58.0 Å². The third kappa shape index (κ3) is 3.82. The third-order valence-electron chi connectivity index (χ3n) is 4.28. The van der Waals surface area contributed by atoms with Crippen LogP contribution in [0.3, 0.4) is 0 Å². The molecule has 0 aliphatic rings. The van der Waals surface area contributed by atoms with Crippen LogP contribution >= 0.6 is 0 Å². The average Bonchev–Trinajstić information content (AvgIpc) is 2.44. The van der Waals surface area contributed by atoms with E-state index in [4.69, 9.17) is 0 Å². The van der Waals surface area contributed by atoms with E-state index in [1.54, 1.807) is 0 Å². The largest absolute Gasteiger partial charge is 0.343 e. The van der Waals surface area contributed by atoms with Crippen molar-refractivity contribution in [3.05, 3.63) is 35.9 Å². The van der Waals surface area contributed by atoms with Crippen molar-refractivity contribution in [2.75, 3.05) is 13.1 Å². The summed E-state index contributed by atoms with van der Waals surface area (Å²) in [5.41, 5.74) is 1.41. The number of benzene rings is 1. The molecular formula is C17H27NO. The van der Waals surface area contributed by atoms with Gasteiger partial charge in [0.05, 0.1) is 0 Å². The Kier molecular flexibility index (Phi) is 5.59. The zero-order valence-corrected chi connectivity index (χ0v) is 12.9. The zero-order chi connectivity index (χ0) is 14.5. The van der Waals surface area contributed by atoms with Crippen molar-refractivity contribution in [1.29, 1.82) is 0 Å². The predicted octanol–water partition coefficient (Wildman–Crippen LogP) is 3.86. The zero-order valence-electron chi connectivity index (χ0n) is 12.9. The van der Waals surface area contributed by atoms with Crippen molar-refractivity contribution < 1.29 is 4.79 Å². The van der Waals surface area contributed by atoms with Crippen molar-refractivity contribution in [1.82, 2.24) is 4.90 Å². The normalized spacial score (nSPS) is 13.1.